The summed E-state index contributed by atoms with van der Waals surface area (Å²) in [6, 6.07) is 11.6. The van der Waals surface area contributed by atoms with Gasteiger partial charge in [0.1, 0.15) is 23.6 Å². The second-order valence-electron chi connectivity index (χ2n) is 8.17. The van der Waals surface area contributed by atoms with E-state index < -0.39 is 41.5 Å². The van der Waals surface area contributed by atoms with E-state index in [1.807, 2.05) is 0 Å². The van der Waals surface area contributed by atoms with Gasteiger partial charge in [-0.25, -0.2) is 14.4 Å². The molecule has 0 bridgehead atoms. The van der Waals surface area contributed by atoms with Crippen LogP contribution in [0.2, 0.25) is 0 Å². The van der Waals surface area contributed by atoms with Crippen molar-refractivity contribution in [3.05, 3.63) is 71.8 Å². The van der Waals surface area contributed by atoms with Crippen molar-refractivity contribution in [3.8, 4) is 11.5 Å². The van der Waals surface area contributed by atoms with Crippen molar-refractivity contribution in [1.29, 1.82) is 0 Å². The van der Waals surface area contributed by atoms with Gasteiger partial charge in [0.15, 0.2) is 15.7 Å². The summed E-state index contributed by atoms with van der Waals surface area (Å²) in [5, 5.41) is 4.72. The first kappa shape index (κ1) is 34.1. The normalized spacial score (nSPS) is 11.8. The fraction of sp³-hybridized carbons (Fsp3) is 0.214. The zero-order valence-electron chi connectivity index (χ0n) is 22.9. The molecule has 0 fully saturated rings. The van der Waals surface area contributed by atoms with E-state index in [0.717, 1.165) is 6.08 Å². The Morgan fingerprint density at radius 3 is 1.46 bits per heavy atom. The van der Waals surface area contributed by atoms with Crippen LogP contribution in [0.15, 0.2) is 60.7 Å². The van der Waals surface area contributed by atoms with Gasteiger partial charge in [-0.1, -0.05) is 36.4 Å². The van der Waals surface area contributed by atoms with Crippen LogP contribution in [0.5, 0.6) is 11.5 Å². The number of alkyl carbamates (subject to hydrolysis) is 1. The molecule has 2 aromatic rings. The van der Waals surface area contributed by atoms with Crippen LogP contribution in [0, 0.1) is 0 Å². The summed E-state index contributed by atoms with van der Waals surface area (Å²) in [7, 11) is 11.2. The van der Waals surface area contributed by atoms with Crippen LogP contribution in [-0.4, -0.2) is 70.2 Å². The molecule has 41 heavy (non-hydrogen) atoms. The van der Waals surface area contributed by atoms with Gasteiger partial charge in [0.2, 0.25) is 5.91 Å². The Bertz CT molecular complexity index is 1330. The van der Waals surface area contributed by atoms with E-state index in [1.54, 1.807) is 48.5 Å². The molecule has 13 heteroatoms. The largest absolute Gasteiger partial charge is 0.453 e. The summed E-state index contributed by atoms with van der Waals surface area (Å²) in [5.41, 5.74) is -0.167. The molecule has 4 radical (unpaired) electrons. The average molecular weight is 558 g/mol. The van der Waals surface area contributed by atoms with E-state index >= 15 is 0 Å². The number of hydrogen-bond donors (Lipinski definition) is 2. The second kappa shape index (κ2) is 17.6. The SMILES string of the molecule is [B]C(=O)/C=C\c1ccccc1OC(=O)C(C)NC(=O)OC.[B]C(=O)/C=C\c1ccccc1OC(=O)C(C)NC(C)=O. The summed E-state index contributed by atoms with van der Waals surface area (Å²) in [6.45, 7) is 4.29. The van der Waals surface area contributed by atoms with Gasteiger partial charge in [0, 0.05) is 18.1 Å². The first-order chi connectivity index (χ1) is 19.3. The van der Waals surface area contributed by atoms with E-state index in [1.165, 1.54) is 46.1 Å². The zero-order chi connectivity index (χ0) is 30.9. The molecule has 0 aromatic heterocycles. The number of nitrogens with one attached hydrogen (secondary N) is 2. The van der Waals surface area contributed by atoms with Gasteiger partial charge in [-0.2, -0.15) is 0 Å². The maximum Gasteiger partial charge on any atom is 0.407 e. The standard InChI is InChI=1S/C14H14BNO5.C14H14BNO4/c1-9(16-14(19)20-2)13(18)21-11-6-4-3-5-10(11)7-8-12(15)17;1-9(16-10(2)17)14(19)20-12-6-4-3-5-11(12)7-8-13(15)18/h3-9H,1-2H3,(H,16,19);3-9H,1-2H3,(H,16,17)/b2*8-7-. The highest BCUT2D eigenvalue weighted by atomic mass is 16.6. The fourth-order valence-corrected chi connectivity index (χ4v) is 2.82. The van der Waals surface area contributed by atoms with Crippen molar-refractivity contribution in [1.82, 2.24) is 10.6 Å². The number of carbonyl (C=O) groups excluding carboxylic acids is 6. The Balaban J connectivity index is 0.000000410. The minimum absolute atomic E-state index is 0.249. The van der Waals surface area contributed by atoms with Crippen LogP contribution in [0.3, 0.4) is 0 Å². The fourth-order valence-electron chi connectivity index (χ4n) is 2.82. The van der Waals surface area contributed by atoms with Crippen molar-refractivity contribution in [2.75, 3.05) is 7.11 Å². The predicted octanol–water partition coefficient (Wildman–Crippen LogP) is 1.87. The zero-order valence-corrected chi connectivity index (χ0v) is 22.9. The van der Waals surface area contributed by atoms with Crippen molar-refractivity contribution in [2.24, 2.45) is 0 Å². The first-order valence-corrected chi connectivity index (χ1v) is 12.0. The summed E-state index contributed by atoms with van der Waals surface area (Å²) in [6.07, 6.45) is 4.48. The topological polar surface area (TPSA) is 154 Å². The van der Waals surface area contributed by atoms with Crippen molar-refractivity contribution in [3.63, 3.8) is 0 Å². The Hall–Kier alpha value is -4.93. The van der Waals surface area contributed by atoms with Gasteiger partial charge in [-0.05, 0) is 50.3 Å². The number of benzene rings is 2. The van der Waals surface area contributed by atoms with Crippen LogP contribution in [0.25, 0.3) is 12.2 Å². The molecule has 2 atom stereocenters. The quantitative estimate of drug-likeness (QED) is 0.193. The number of amides is 2. The van der Waals surface area contributed by atoms with Gasteiger partial charge in [0.05, 0.1) is 18.5 Å². The molecule has 2 aromatic carbocycles. The number of rotatable bonds is 10. The third kappa shape index (κ3) is 13.6. The molecule has 0 spiro atoms. The van der Waals surface area contributed by atoms with Crippen LogP contribution in [-0.2, 0) is 28.7 Å². The number of allylic oxidation sites excluding steroid dienone is 2. The molecule has 2 N–H and O–H groups in total. The maximum atomic E-state index is 11.8. The predicted molar refractivity (Wildman–Crippen MR) is 152 cm³/mol. The number of methoxy groups -OCH3 is 1. The maximum absolute atomic E-state index is 11.8. The summed E-state index contributed by atoms with van der Waals surface area (Å²) in [5.74, 6) is -1.05. The molecule has 0 heterocycles. The molecule has 210 valence electrons. The smallest absolute Gasteiger partial charge is 0.407 e. The Morgan fingerprint density at radius 1 is 0.707 bits per heavy atom. The minimum Gasteiger partial charge on any atom is -0.453 e. The van der Waals surface area contributed by atoms with Gasteiger partial charge >= 0.3 is 18.0 Å². The van der Waals surface area contributed by atoms with E-state index in [2.05, 4.69) is 15.4 Å². The molecular weight excluding hydrogens is 530 g/mol. The van der Waals surface area contributed by atoms with Gasteiger partial charge in [0.25, 0.3) is 0 Å². The van der Waals surface area contributed by atoms with Crippen molar-refractivity contribution in [2.45, 2.75) is 32.9 Å². The summed E-state index contributed by atoms with van der Waals surface area (Å²) in [4.78, 5) is 67.0. The third-order valence-corrected chi connectivity index (χ3v) is 4.76. The highest BCUT2D eigenvalue weighted by Crippen LogP contribution is 2.21. The number of para-hydroxylation sites is 2. The van der Waals surface area contributed by atoms with E-state index in [9.17, 15) is 28.8 Å². The van der Waals surface area contributed by atoms with Crippen LogP contribution in [0.4, 0.5) is 4.79 Å². The lowest BCUT2D eigenvalue weighted by Crippen LogP contribution is -2.40. The van der Waals surface area contributed by atoms with Gasteiger partial charge < -0.3 is 34.4 Å². The first-order valence-electron chi connectivity index (χ1n) is 12.0. The molecule has 0 saturated carbocycles. The molecular formula is C28H28B2N2O9. The van der Waals surface area contributed by atoms with E-state index in [4.69, 9.17) is 25.2 Å². The lowest BCUT2D eigenvalue weighted by Gasteiger charge is -2.13. The molecule has 2 amide bonds. The Labute approximate surface area is 240 Å². The lowest BCUT2D eigenvalue weighted by molar-refractivity contribution is -0.138. The Kier molecular flexibility index (Phi) is 14.7. The number of hydrogen-bond acceptors (Lipinski definition) is 9. The molecule has 2 rings (SSSR count). The van der Waals surface area contributed by atoms with Gasteiger partial charge in [-0.3, -0.25) is 4.79 Å². The molecule has 2 unspecified atom stereocenters. The molecule has 0 aliphatic rings. The number of ether oxygens (including phenoxy) is 3. The highest BCUT2D eigenvalue weighted by molar-refractivity contribution is 6.61. The van der Waals surface area contributed by atoms with E-state index in [-0.39, 0.29) is 17.4 Å². The van der Waals surface area contributed by atoms with Crippen LogP contribution < -0.4 is 20.1 Å². The van der Waals surface area contributed by atoms with Crippen LogP contribution >= 0.6 is 0 Å². The molecule has 0 aliphatic heterocycles. The molecule has 11 nitrogen and oxygen atoms in total. The average Bonchev–Trinajstić information content (AvgIpc) is 2.91. The minimum atomic E-state index is -0.884. The highest BCUT2D eigenvalue weighted by Gasteiger charge is 2.19. The van der Waals surface area contributed by atoms with Gasteiger partial charge in [-0.15, -0.1) is 0 Å². The summed E-state index contributed by atoms with van der Waals surface area (Å²) < 4.78 is 14.7. The number of carbonyl (C=O) groups is 6. The lowest BCUT2D eigenvalue weighted by atomic mass is 10.0. The van der Waals surface area contributed by atoms with Crippen LogP contribution in [0.1, 0.15) is 31.9 Å². The molecule has 0 aliphatic carbocycles. The van der Waals surface area contributed by atoms with Crippen molar-refractivity contribution >= 4 is 63.1 Å². The Morgan fingerprint density at radius 2 is 1.10 bits per heavy atom. The van der Waals surface area contributed by atoms with E-state index in [0.29, 0.717) is 11.1 Å². The van der Waals surface area contributed by atoms with Crippen molar-refractivity contribution < 1.29 is 43.0 Å². The number of esters is 2. The summed E-state index contributed by atoms with van der Waals surface area (Å²) >= 11 is 0. The second-order valence-corrected chi connectivity index (χ2v) is 8.17. The molecule has 0 saturated heterocycles. The monoisotopic (exact) mass is 558 g/mol. The third-order valence-electron chi connectivity index (χ3n) is 4.76.